The molecule has 1 heterocycles. The molecule has 0 fully saturated rings. The van der Waals surface area contributed by atoms with E-state index in [1.165, 1.54) is 32.0 Å². The Morgan fingerprint density at radius 1 is 1.43 bits per heavy atom. The normalized spacial score (nSPS) is 11.6. The molecule has 0 aliphatic carbocycles. The number of nitrogens with zero attached hydrogens (tertiary/aromatic N) is 2. The maximum absolute atomic E-state index is 12.3. The molecule has 0 amide bonds. The molecule has 21 heavy (non-hydrogen) atoms. The number of rotatable bonds is 7. The van der Waals surface area contributed by atoms with Gasteiger partial charge in [0.05, 0.1) is 7.11 Å². The van der Waals surface area contributed by atoms with Gasteiger partial charge in [-0.25, -0.2) is 17.5 Å². The summed E-state index contributed by atoms with van der Waals surface area (Å²) >= 11 is 0. The van der Waals surface area contributed by atoms with Gasteiger partial charge in [0.2, 0.25) is 10.0 Å². The predicted octanol–water partition coefficient (Wildman–Crippen LogP) is 0.297. The molecule has 0 unspecified atom stereocenters. The van der Waals surface area contributed by atoms with E-state index in [1.807, 2.05) is 0 Å². The molecule has 9 heteroatoms. The van der Waals surface area contributed by atoms with E-state index >= 15 is 0 Å². The van der Waals surface area contributed by atoms with Gasteiger partial charge in [0, 0.05) is 33.3 Å². The molecule has 1 aromatic heterocycles. The average molecular weight is 318 g/mol. The number of sulfonamides is 1. The number of carboxylic acids is 1. The van der Waals surface area contributed by atoms with E-state index in [-0.39, 0.29) is 23.6 Å². The van der Waals surface area contributed by atoms with Crippen LogP contribution in [0.5, 0.6) is 0 Å². The maximum Gasteiger partial charge on any atom is 0.352 e. The van der Waals surface area contributed by atoms with Crippen LogP contribution in [0.2, 0.25) is 0 Å². The number of hydrogen-bond donors (Lipinski definition) is 1. The van der Waals surface area contributed by atoms with Gasteiger partial charge in [-0.15, -0.1) is 0 Å². The molecule has 0 atom stereocenters. The van der Waals surface area contributed by atoms with E-state index in [1.54, 1.807) is 0 Å². The second-order valence-corrected chi connectivity index (χ2v) is 6.53. The number of methoxy groups -OCH3 is 1. The minimum Gasteiger partial charge on any atom is -0.477 e. The molecule has 0 radical (unpaired) electrons. The van der Waals surface area contributed by atoms with Crippen LogP contribution in [0, 0.1) is 0 Å². The van der Waals surface area contributed by atoms with Crippen LogP contribution < -0.4 is 0 Å². The molecule has 1 aromatic rings. The summed E-state index contributed by atoms with van der Waals surface area (Å²) in [7, 11) is 0.315. The molecule has 0 aromatic carbocycles. The van der Waals surface area contributed by atoms with E-state index in [4.69, 9.17) is 5.11 Å². The van der Waals surface area contributed by atoms with Crippen molar-refractivity contribution >= 4 is 22.0 Å². The Kier molecular flexibility index (Phi) is 5.50. The van der Waals surface area contributed by atoms with Gasteiger partial charge in [0.15, 0.2) is 0 Å². The van der Waals surface area contributed by atoms with Crippen molar-refractivity contribution in [3.63, 3.8) is 0 Å². The van der Waals surface area contributed by atoms with Crippen LogP contribution in [0.4, 0.5) is 0 Å². The fourth-order valence-electron chi connectivity index (χ4n) is 1.74. The topological polar surface area (TPSA) is 106 Å². The maximum atomic E-state index is 12.3. The molecule has 1 rings (SSSR count). The molecule has 0 saturated carbocycles. The SMILES string of the molecule is COC(=O)CCCN(C)S(=O)(=O)c1cc(C(=O)O)n(C)c1. The molecule has 8 nitrogen and oxygen atoms in total. The summed E-state index contributed by atoms with van der Waals surface area (Å²) in [6.45, 7) is 0.134. The summed E-state index contributed by atoms with van der Waals surface area (Å²) in [6.07, 6.45) is 1.68. The second-order valence-electron chi connectivity index (χ2n) is 4.48. The van der Waals surface area contributed by atoms with E-state index < -0.39 is 22.0 Å². The van der Waals surface area contributed by atoms with Gasteiger partial charge in [-0.1, -0.05) is 0 Å². The Hall–Kier alpha value is -1.87. The third-order valence-electron chi connectivity index (χ3n) is 2.99. The first-order valence-corrected chi connectivity index (χ1v) is 7.57. The van der Waals surface area contributed by atoms with Crippen molar-refractivity contribution in [2.24, 2.45) is 7.05 Å². The van der Waals surface area contributed by atoms with E-state index in [2.05, 4.69) is 4.74 Å². The predicted molar refractivity (Wildman–Crippen MR) is 73.4 cm³/mol. The number of aryl methyl sites for hydroxylation is 1. The van der Waals surface area contributed by atoms with Gasteiger partial charge < -0.3 is 14.4 Å². The molecule has 0 saturated heterocycles. The number of carbonyl (C=O) groups is 2. The molecule has 0 bridgehead atoms. The first kappa shape index (κ1) is 17.2. The van der Waals surface area contributed by atoms with Gasteiger partial charge >= 0.3 is 11.9 Å². The smallest absolute Gasteiger partial charge is 0.352 e. The lowest BCUT2D eigenvalue weighted by atomic mass is 10.3. The van der Waals surface area contributed by atoms with Crippen molar-refractivity contribution in [2.75, 3.05) is 20.7 Å². The number of hydrogen-bond acceptors (Lipinski definition) is 5. The minimum absolute atomic E-state index is 0.0945. The molecular weight excluding hydrogens is 300 g/mol. The van der Waals surface area contributed by atoms with Gasteiger partial charge in [-0.2, -0.15) is 0 Å². The lowest BCUT2D eigenvalue weighted by Crippen LogP contribution is -2.28. The van der Waals surface area contributed by atoms with Crippen LogP contribution in [0.1, 0.15) is 23.3 Å². The molecule has 1 N–H and O–H groups in total. The highest BCUT2D eigenvalue weighted by Crippen LogP contribution is 2.18. The highest BCUT2D eigenvalue weighted by molar-refractivity contribution is 7.89. The fourth-order valence-corrected chi connectivity index (χ4v) is 3.02. The number of carboxylic acid groups (broad SMARTS) is 1. The molecule has 0 aliphatic rings. The van der Waals surface area contributed by atoms with Crippen LogP contribution in [0.25, 0.3) is 0 Å². The highest BCUT2D eigenvalue weighted by atomic mass is 32.2. The quantitative estimate of drug-likeness (QED) is 0.725. The average Bonchev–Trinajstić information content (AvgIpc) is 2.81. The Bertz CT molecular complexity index is 634. The number of aromatic carboxylic acids is 1. The summed E-state index contributed by atoms with van der Waals surface area (Å²) in [5.41, 5.74) is -0.114. The van der Waals surface area contributed by atoms with E-state index in [9.17, 15) is 18.0 Å². The van der Waals surface area contributed by atoms with Crippen LogP contribution in [0.15, 0.2) is 17.2 Å². The Morgan fingerprint density at radius 2 is 2.05 bits per heavy atom. The Balaban J connectivity index is 2.83. The number of carbonyl (C=O) groups excluding carboxylic acids is 1. The van der Waals surface area contributed by atoms with Gasteiger partial charge in [0.25, 0.3) is 0 Å². The standard InChI is InChI=1S/C12H18N2O6S/c1-13-8-9(7-10(13)12(16)17)21(18,19)14(2)6-4-5-11(15)20-3/h7-8H,4-6H2,1-3H3,(H,16,17). The van der Waals surface area contributed by atoms with Crippen molar-refractivity contribution in [3.05, 3.63) is 18.0 Å². The van der Waals surface area contributed by atoms with Crippen LogP contribution in [-0.4, -0.2) is 55.0 Å². The van der Waals surface area contributed by atoms with Gasteiger partial charge in [0.1, 0.15) is 10.6 Å². The third kappa shape index (κ3) is 4.05. The van der Waals surface area contributed by atoms with Crippen molar-refractivity contribution in [1.82, 2.24) is 8.87 Å². The first-order chi connectivity index (χ1) is 9.70. The monoisotopic (exact) mass is 318 g/mol. The molecule has 0 spiro atoms. The summed E-state index contributed by atoms with van der Waals surface area (Å²) in [6, 6.07) is 1.11. The summed E-state index contributed by atoms with van der Waals surface area (Å²) in [5.74, 6) is -1.61. The third-order valence-corrected chi connectivity index (χ3v) is 4.81. The Labute approximate surface area is 123 Å². The highest BCUT2D eigenvalue weighted by Gasteiger charge is 2.24. The van der Waals surface area contributed by atoms with Crippen LogP contribution >= 0.6 is 0 Å². The Morgan fingerprint density at radius 3 is 2.52 bits per heavy atom. The van der Waals surface area contributed by atoms with Crippen molar-refractivity contribution in [1.29, 1.82) is 0 Å². The van der Waals surface area contributed by atoms with E-state index in [0.29, 0.717) is 6.42 Å². The van der Waals surface area contributed by atoms with Crippen molar-refractivity contribution in [2.45, 2.75) is 17.7 Å². The second kappa shape index (κ2) is 6.72. The zero-order chi connectivity index (χ0) is 16.2. The minimum atomic E-state index is -3.78. The van der Waals surface area contributed by atoms with Crippen LogP contribution in [0.3, 0.4) is 0 Å². The lowest BCUT2D eigenvalue weighted by molar-refractivity contribution is -0.140. The van der Waals surface area contributed by atoms with Gasteiger partial charge in [-0.3, -0.25) is 4.79 Å². The number of esters is 1. The number of aromatic nitrogens is 1. The zero-order valence-electron chi connectivity index (χ0n) is 12.1. The van der Waals surface area contributed by atoms with Gasteiger partial charge in [-0.05, 0) is 12.5 Å². The first-order valence-electron chi connectivity index (χ1n) is 6.13. The molecule has 118 valence electrons. The lowest BCUT2D eigenvalue weighted by Gasteiger charge is -2.15. The van der Waals surface area contributed by atoms with Crippen molar-refractivity contribution in [3.8, 4) is 0 Å². The zero-order valence-corrected chi connectivity index (χ0v) is 12.9. The molecular formula is C12H18N2O6S. The summed E-state index contributed by atoms with van der Waals surface area (Å²) < 4.78 is 31.3. The van der Waals surface area contributed by atoms with Crippen LogP contribution in [-0.2, 0) is 26.6 Å². The summed E-state index contributed by atoms with van der Waals surface area (Å²) in [5, 5.41) is 8.93. The number of ether oxygens (including phenoxy) is 1. The fraction of sp³-hybridized carbons (Fsp3) is 0.500. The molecule has 0 aliphatic heterocycles. The van der Waals surface area contributed by atoms with E-state index in [0.717, 1.165) is 10.4 Å². The summed E-state index contributed by atoms with van der Waals surface area (Å²) in [4.78, 5) is 21.8. The largest absolute Gasteiger partial charge is 0.477 e. The van der Waals surface area contributed by atoms with Crippen molar-refractivity contribution < 1.29 is 27.9 Å².